The fourth-order valence-corrected chi connectivity index (χ4v) is 4.45. The topological polar surface area (TPSA) is 54.9 Å². The molecule has 1 atom stereocenters. The van der Waals surface area contributed by atoms with E-state index in [2.05, 4.69) is 22.4 Å². The summed E-state index contributed by atoms with van der Waals surface area (Å²) in [7, 11) is 0. The van der Waals surface area contributed by atoms with Gasteiger partial charge in [-0.2, -0.15) is 0 Å². The quantitative estimate of drug-likeness (QED) is 0.498. The highest BCUT2D eigenvalue weighted by Crippen LogP contribution is 2.29. The van der Waals surface area contributed by atoms with Crippen molar-refractivity contribution in [1.82, 2.24) is 10.2 Å². The number of rotatable bonds is 8. The first-order chi connectivity index (χ1) is 11.1. The van der Waals surface area contributed by atoms with Crippen LogP contribution in [0.5, 0.6) is 0 Å². The van der Waals surface area contributed by atoms with E-state index < -0.39 is 0 Å². The molecule has 2 aromatic rings. The molecule has 0 spiro atoms. The lowest BCUT2D eigenvalue weighted by Crippen LogP contribution is -2.24. The van der Waals surface area contributed by atoms with Crippen molar-refractivity contribution in [3.8, 4) is 0 Å². The minimum Gasteiger partial charge on any atom is -0.300 e. The number of amides is 1. The van der Waals surface area contributed by atoms with E-state index in [-0.39, 0.29) is 11.2 Å². The fourth-order valence-electron chi connectivity index (χ4n) is 1.69. The first kappa shape index (κ1) is 18.6. The molecule has 1 aromatic carbocycles. The van der Waals surface area contributed by atoms with Crippen molar-refractivity contribution in [2.75, 3.05) is 11.1 Å². The van der Waals surface area contributed by atoms with Gasteiger partial charge in [0.15, 0.2) is 4.34 Å². The van der Waals surface area contributed by atoms with Crippen LogP contribution in [0, 0.1) is 0 Å². The molecule has 1 aromatic heterocycles. The van der Waals surface area contributed by atoms with Gasteiger partial charge in [0.05, 0.1) is 5.25 Å². The van der Waals surface area contributed by atoms with Crippen molar-refractivity contribution >= 4 is 57.5 Å². The van der Waals surface area contributed by atoms with E-state index in [1.807, 2.05) is 31.2 Å². The number of hydrogen-bond donors (Lipinski definition) is 1. The van der Waals surface area contributed by atoms with Gasteiger partial charge in [0, 0.05) is 15.7 Å². The van der Waals surface area contributed by atoms with E-state index in [0.29, 0.717) is 10.2 Å². The lowest BCUT2D eigenvalue weighted by Gasteiger charge is -2.13. The van der Waals surface area contributed by atoms with Crippen molar-refractivity contribution in [2.24, 2.45) is 0 Å². The molecule has 0 aliphatic carbocycles. The molecule has 0 saturated carbocycles. The zero-order valence-electron chi connectivity index (χ0n) is 12.9. The summed E-state index contributed by atoms with van der Waals surface area (Å²) >= 11 is 10.5. The van der Waals surface area contributed by atoms with Crippen molar-refractivity contribution in [1.29, 1.82) is 0 Å². The molecule has 1 unspecified atom stereocenters. The summed E-state index contributed by atoms with van der Waals surface area (Å²) in [5.74, 6) is 0.961. The van der Waals surface area contributed by atoms with Crippen LogP contribution in [-0.2, 0) is 4.79 Å². The van der Waals surface area contributed by atoms with Gasteiger partial charge < -0.3 is 0 Å². The zero-order valence-corrected chi connectivity index (χ0v) is 16.1. The predicted molar refractivity (Wildman–Crippen MR) is 101 cm³/mol. The molecule has 0 fully saturated rings. The number of anilines is 1. The van der Waals surface area contributed by atoms with E-state index in [9.17, 15) is 4.79 Å². The average Bonchev–Trinajstić information content (AvgIpc) is 2.99. The molecule has 2 rings (SSSR count). The van der Waals surface area contributed by atoms with E-state index in [1.54, 1.807) is 11.8 Å². The summed E-state index contributed by atoms with van der Waals surface area (Å²) in [6.45, 7) is 4.12. The van der Waals surface area contributed by atoms with Crippen molar-refractivity contribution in [2.45, 2.75) is 41.2 Å². The van der Waals surface area contributed by atoms with Crippen LogP contribution in [0.4, 0.5) is 5.13 Å². The smallest absolute Gasteiger partial charge is 0.239 e. The third-order valence-corrected chi connectivity index (χ3v) is 6.63. The largest absolute Gasteiger partial charge is 0.300 e. The summed E-state index contributed by atoms with van der Waals surface area (Å²) in [4.78, 5) is 13.4. The Balaban J connectivity index is 1.94. The number of thioether (sulfide) groups is 2. The summed E-state index contributed by atoms with van der Waals surface area (Å²) in [6.07, 6.45) is 1.82. The predicted octanol–water partition coefficient (Wildman–Crippen LogP) is 5.20. The summed E-state index contributed by atoms with van der Waals surface area (Å²) in [5, 5.41) is 12.1. The Bertz CT molecular complexity index is 633. The van der Waals surface area contributed by atoms with Crippen LogP contribution in [0.1, 0.15) is 26.7 Å². The second-order valence-corrected chi connectivity index (χ2v) is 8.71. The van der Waals surface area contributed by atoms with E-state index in [4.69, 9.17) is 11.6 Å². The highest BCUT2D eigenvalue weighted by atomic mass is 35.5. The number of halogens is 1. The van der Waals surface area contributed by atoms with Crippen LogP contribution in [0.2, 0.25) is 5.02 Å². The number of nitrogens with one attached hydrogen (secondary N) is 1. The Kier molecular flexibility index (Phi) is 7.69. The molecule has 1 N–H and O–H groups in total. The van der Waals surface area contributed by atoms with Gasteiger partial charge in [-0.15, -0.1) is 22.0 Å². The van der Waals surface area contributed by atoms with Crippen LogP contribution in [0.15, 0.2) is 33.5 Å². The number of benzene rings is 1. The minimum atomic E-state index is -0.174. The molecule has 1 amide bonds. The van der Waals surface area contributed by atoms with E-state index in [1.165, 1.54) is 23.1 Å². The average molecular weight is 388 g/mol. The molecule has 8 heteroatoms. The normalized spacial score (nSPS) is 12.1. The van der Waals surface area contributed by atoms with E-state index in [0.717, 1.165) is 27.8 Å². The first-order valence-corrected chi connectivity index (χ1v) is 10.4. The third kappa shape index (κ3) is 5.99. The highest BCUT2D eigenvalue weighted by Gasteiger charge is 2.19. The number of aromatic nitrogens is 2. The van der Waals surface area contributed by atoms with Crippen LogP contribution in [0.25, 0.3) is 0 Å². The maximum atomic E-state index is 12.4. The van der Waals surface area contributed by atoms with Crippen LogP contribution in [0.3, 0.4) is 0 Å². The molecule has 23 heavy (non-hydrogen) atoms. The number of carbonyl (C=O) groups is 1. The summed E-state index contributed by atoms with van der Waals surface area (Å²) in [6, 6.07) is 7.51. The second-order valence-electron chi connectivity index (χ2n) is 4.68. The molecular formula is C15H18ClN3OS3. The third-order valence-electron chi connectivity index (χ3n) is 2.82. The zero-order chi connectivity index (χ0) is 16.7. The lowest BCUT2D eigenvalue weighted by molar-refractivity contribution is -0.115. The van der Waals surface area contributed by atoms with Gasteiger partial charge in [-0.05, 0) is 37.1 Å². The minimum absolute atomic E-state index is 0.0457. The fraction of sp³-hybridized carbons (Fsp3) is 0.400. The Morgan fingerprint density at radius 3 is 2.70 bits per heavy atom. The monoisotopic (exact) mass is 387 g/mol. The molecule has 4 nitrogen and oxygen atoms in total. The number of carbonyl (C=O) groups excluding carboxylic acids is 1. The Labute approximate surface area is 153 Å². The number of nitrogens with zero attached hydrogens (tertiary/aromatic N) is 2. The maximum absolute atomic E-state index is 12.4. The Morgan fingerprint density at radius 1 is 1.30 bits per heavy atom. The van der Waals surface area contributed by atoms with Crippen molar-refractivity contribution < 1.29 is 4.79 Å². The van der Waals surface area contributed by atoms with Gasteiger partial charge in [0.2, 0.25) is 11.0 Å². The molecule has 1 heterocycles. The first-order valence-electron chi connectivity index (χ1n) is 7.31. The molecule has 124 valence electrons. The van der Waals surface area contributed by atoms with Gasteiger partial charge >= 0.3 is 0 Å². The standard InChI is InChI=1S/C15H18ClN3OS3/c1-3-9-21-15-19-18-14(23-15)17-13(20)12(4-2)22-11-7-5-10(16)6-8-11/h5-8,12H,3-4,9H2,1-2H3,(H,17,18,20). The van der Waals surface area contributed by atoms with Gasteiger partial charge in [-0.1, -0.05) is 48.5 Å². The maximum Gasteiger partial charge on any atom is 0.239 e. The van der Waals surface area contributed by atoms with Crippen molar-refractivity contribution in [3.63, 3.8) is 0 Å². The van der Waals surface area contributed by atoms with Crippen LogP contribution in [-0.4, -0.2) is 27.1 Å². The molecule has 0 radical (unpaired) electrons. The summed E-state index contributed by atoms with van der Waals surface area (Å²) in [5.41, 5.74) is 0. The van der Waals surface area contributed by atoms with Crippen LogP contribution >= 0.6 is 46.5 Å². The Morgan fingerprint density at radius 2 is 2.04 bits per heavy atom. The van der Waals surface area contributed by atoms with Crippen LogP contribution < -0.4 is 5.32 Å². The van der Waals surface area contributed by atoms with E-state index >= 15 is 0 Å². The second kappa shape index (κ2) is 9.52. The summed E-state index contributed by atoms with van der Waals surface area (Å²) < 4.78 is 0.889. The lowest BCUT2D eigenvalue weighted by atomic mass is 10.3. The molecule has 0 aliphatic rings. The molecule has 0 bridgehead atoms. The highest BCUT2D eigenvalue weighted by molar-refractivity contribution is 8.01. The molecular weight excluding hydrogens is 370 g/mol. The molecule has 0 aliphatic heterocycles. The van der Waals surface area contributed by atoms with Gasteiger partial charge in [-0.25, -0.2) is 0 Å². The SMILES string of the molecule is CCCSc1nnc(NC(=O)C(CC)Sc2ccc(Cl)cc2)s1. The molecule has 0 saturated heterocycles. The Hall–Kier alpha value is -0.760. The van der Waals surface area contributed by atoms with Gasteiger partial charge in [0.1, 0.15) is 0 Å². The van der Waals surface area contributed by atoms with Gasteiger partial charge in [0.25, 0.3) is 0 Å². The van der Waals surface area contributed by atoms with Crippen molar-refractivity contribution in [3.05, 3.63) is 29.3 Å². The van der Waals surface area contributed by atoms with Gasteiger partial charge in [-0.3, -0.25) is 10.1 Å². The number of hydrogen-bond acceptors (Lipinski definition) is 6.